The minimum absolute atomic E-state index is 0.209. The Balaban J connectivity index is 1.47. The van der Waals surface area contributed by atoms with Gasteiger partial charge in [-0.25, -0.2) is 18.1 Å². The largest absolute Gasteiger partial charge is 0.489 e. The van der Waals surface area contributed by atoms with Crippen LogP contribution in [0.4, 0.5) is 0 Å². The van der Waals surface area contributed by atoms with Crippen LogP contribution in [-0.4, -0.2) is 25.4 Å². The molecule has 0 fully saturated rings. The van der Waals surface area contributed by atoms with Gasteiger partial charge in [-0.2, -0.15) is 0 Å². The molecular weight excluding hydrogens is 446 g/mol. The summed E-state index contributed by atoms with van der Waals surface area (Å²) in [6, 6.07) is 21.9. The first kappa shape index (κ1) is 22.1. The molecule has 1 heterocycles. The third-order valence-corrected chi connectivity index (χ3v) is 6.68. The Labute approximate surface area is 192 Å². The molecule has 0 unspecified atom stereocenters. The smallest absolute Gasteiger partial charge is 0.240 e. The fourth-order valence-electron chi connectivity index (χ4n) is 3.28. The summed E-state index contributed by atoms with van der Waals surface area (Å²) in [6.45, 7) is 2.24. The van der Waals surface area contributed by atoms with E-state index in [0.717, 1.165) is 33.9 Å². The summed E-state index contributed by atoms with van der Waals surface area (Å²) < 4.78 is 32.1. The van der Waals surface area contributed by atoms with E-state index in [1.807, 2.05) is 61.5 Å². The van der Waals surface area contributed by atoms with Gasteiger partial charge in [0.05, 0.1) is 10.6 Å². The summed E-state index contributed by atoms with van der Waals surface area (Å²) >= 11 is 5.98. The van der Waals surface area contributed by atoms with Gasteiger partial charge in [0.25, 0.3) is 0 Å². The predicted molar refractivity (Wildman–Crippen MR) is 126 cm³/mol. The number of halogens is 1. The SMILES string of the molecule is CNS(=O)(=O)c1cccc(COc2ccc(-c3nc(-c4ccc(Cl)cc4)c(C)[nH]3)cc2)c1. The molecule has 6 nitrogen and oxygen atoms in total. The van der Waals surface area contributed by atoms with Gasteiger partial charge >= 0.3 is 0 Å². The number of hydrogen-bond acceptors (Lipinski definition) is 4. The number of hydrogen-bond donors (Lipinski definition) is 2. The zero-order valence-electron chi connectivity index (χ0n) is 17.6. The number of nitrogens with zero attached hydrogens (tertiary/aromatic N) is 1. The third-order valence-electron chi connectivity index (χ3n) is 5.01. The van der Waals surface area contributed by atoms with Crippen molar-refractivity contribution in [2.24, 2.45) is 0 Å². The first-order valence-corrected chi connectivity index (χ1v) is 11.8. The number of imidazole rings is 1. The van der Waals surface area contributed by atoms with Crippen LogP contribution in [0.5, 0.6) is 5.75 Å². The van der Waals surface area contributed by atoms with Crippen molar-refractivity contribution in [3.63, 3.8) is 0 Å². The number of aromatic amines is 1. The lowest BCUT2D eigenvalue weighted by Gasteiger charge is -2.09. The number of benzene rings is 3. The monoisotopic (exact) mass is 467 g/mol. The molecule has 0 aliphatic carbocycles. The van der Waals surface area contributed by atoms with E-state index in [2.05, 4.69) is 9.71 Å². The van der Waals surface area contributed by atoms with Gasteiger partial charge in [-0.3, -0.25) is 0 Å². The second-order valence-corrected chi connectivity index (χ2v) is 9.56. The van der Waals surface area contributed by atoms with Gasteiger partial charge in [-0.05, 0) is 68.1 Å². The maximum atomic E-state index is 12.0. The number of ether oxygens (including phenoxy) is 1. The van der Waals surface area contributed by atoms with Crippen molar-refractivity contribution >= 4 is 21.6 Å². The van der Waals surface area contributed by atoms with Crippen molar-refractivity contribution in [2.45, 2.75) is 18.4 Å². The normalized spacial score (nSPS) is 11.5. The van der Waals surface area contributed by atoms with Crippen LogP contribution in [-0.2, 0) is 16.6 Å². The van der Waals surface area contributed by atoms with E-state index in [-0.39, 0.29) is 11.5 Å². The van der Waals surface area contributed by atoms with Crippen LogP contribution < -0.4 is 9.46 Å². The zero-order chi connectivity index (χ0) is 22.7. The molecule has 32 heavy (non-hydrogen) atoms. The lowest BCUT2D eigenvalue weighted by molar-refractivity contribution is 0.306. The number of H-pyrrole nitrogens is 1. The van der Waals surface area contributed by atoms with Crippen molar-refractivity contribution in [1.29, 1.82) is 0 Å². The second-order valence-electron chi connectivity index (χ2n) is 7.23. The van der Waals surface area contributed by atoms with Crippen LogP contribution in [0.15, 0.2) is 77.7 Å². The topological polar surface area (TPSA) is 84.1 Å². The second kappa shape index (κ2) is 9.16. The molecule has 0 aliphatic heterocycles. The van der Waals surface area contributed by atoms with Crippen LogP contribution in [0.1, 0.15) is 11.3 Å². The third kappa shape index (κ3) is 4.85. The molecular formula is C24H22ClN3O3S. The van der Waals surface area contributed by atoms with E-state index in [9.17, 15) is 8.42 Å². The van der Waals surface area contributed by atoms with E-state index in [1.54, 1.807) is 18.2 Å². The Hall–Kier alpha value is -3.13. The molecule has 4 rings (SSSR count). The molecule has 1 aromatic heterocycles. The average molecular weight is 468 g/mol. The molecule has 0 saturated carbocycles. The lowest BCUT2D eigenvalue weighted by atomic mass is 10.1. The zero-order valence-corrected chi connectivity index (χ0v) is 19.2. The van der Waals surface area contributed by atoms with Crippen LogP contribution in [0.25, 0.3) is 22.6 Å². The van der Waals surface area contributed by atoms with Gasteiger partial charge in [0.1, 0.15) is 18.2 Å². The highest BCUT2D eigenvalue weighted by Crippen LogP contribution is 2.28. The van der Waals surface area contributed by atoms with Crippen LogP contribution >= 0.6 is 11.6 Å². The maximum Gasteiger partial charge on any atom is 0.240 e. The van der Waals surface area contributed by atoms with Crippen LogP contribution in [0.2, 0.25) is 5.02 Å². The van der Waals surface area contributed by atoms with Crippen molar-refractivity contribution in [3.8, 4) is 28.4 Å². The summed E-state index contributed by atoms with van der Waals surface area (Å²) in [7, 11) is -2.10. The Morgan fingerprint density at radius 1 is 1.00 bits per heavy atom. The number of nitrogens with one attached hydrogen (secondary N) is 2. The van der Waals surface area contributed by atoms with Gasteiger partial charge in [-0.15, -0.1) is 0 Å². The quantitative estimate of drug-likeness (QED) is 0.391. The number of aromatic nitrogens is 2. The number of sulfonamides is 1. The molecule has 0 radical (unpaired) electrons. The molecule has 0 aliphatic rings. The molecule has 8 heteroatoms. The summed E-state index contributed by atoms with van der Waals surface area (Å²) in [5.41, 5.74) is 4.55. The number of rotatable bonds is 7. The van der Waals surface area contributed by atoms with E-state index >= 15 is 0 Å². The van der Waals surface area contributed by atoms with Gasteiger partial charge in [0.15, 0.2) is 0 Å². The van der Waals surface area contributed by atoms with Gasteiger partial charge in [0, 0.05) is 21.8 Å². The van der Waals surface area contributed by atoms with Crippen molar-refractivity contribution in [3.05, 3.63) is 89.1 Å². The van der Waals surface area contributed by atoms with Crippen LogP contribution in [0, 0.1) is 6.92 Å². The lowest BCUT2D eigenvalue weighted by Crippen LogP contribution is -2.18. The van der Waals surface area contributed by atoms with Gasteiger partial charge in [0.2, 0.25) is 10.0 Å². The van der Waals surface area contributed by atoms with Crippen molar-refractivity contribution < 1.29 is 13.2 Å². The minimum Gasteiger partial charge on any atom is -0.489 e. The van der Waals surface area contributed by atoms with E-state index in [0.29, 0.717) is 10.8 Å². The first-order chi connectivity index (χ1) is 15.4. The molecule has 0 bridgehead atoms. The van der Waals surface area contributed by atoms with Crippen LogP contribution in [0.3, 0.4) is 0 Å². The Morgan fingerprint density at radius 3 is 2.38 bits per heavy atom. The molecule has 0 amide bonds. The molecule has 4 aromatic rings. The Kier molecular flexibility index (Phi) is 6.32. The van der Waals surface area contributed by atoms with E-state index in [4.69, 9.17) is 21.3 Å². The van der Waals surface area contributed by atoms with Gasteiger partial charge < -0.3 is 9.72 Å². The summed E-state index contributed by atoms with van der Waals surface area (Å²) in [5.74, 6) is 1.45. The molecule has 0 atom stereocenters. The minimum atomic E-state index is -3.49. The predicted octanol–water partition coefficient (Wildman–Crippen LogP) is 5.19. The van der Waals surface area contributed by atoms with Gasteiger partial charge in [-0.1, -0.05) is 35.9 Å². The molecule has 0 saturated heterocycles. The fraction of sp³-hybridized carbons (Fsp3) is 0.125. The molecule has 0 spiro atoms. The highest BCUT2D eigenvalue weighted by Gasteiger charge is 2.12. The van der Waals surface area contributed by atoms with E-state index in [1.165, 1.54) is 7.05 Å². The highest BCUT2D eigenvalue weighted by atomic mass is 35.5. The standard InChI is InChI=1S/C24H22ClN3O3S/c1-16-23(18-6-10-20(25)11-7-18)28-24(27-16)19-8-12-21(13-9-19)31-15-17-4-3-5-22(14-17)32(29,30)26-2/h3-14,26H,15H2,1-2H3,(H,27,28). The maximum absolute atomic E-state index is 12.0. The Morgan fingerprint density at radius 2 is 1.69 bits per heavy atom. The summed E-state index contributed by atoms with van der Waals surface area (Å²) in [6.07, 6.45) is 0. The van der Waals surface area contributed by atoms with Crippen molar-refractivity contribution in [1.82, 2.24) is 14.7 Å². The highest BCUT2D eigenvalue weighted by molar-refractivity contribution is 7.89. The van der Waals surface area contributed by atoms with E-state index < -0.39 is 10.0 Å². The summed E-state index contributed by atoms with van der Waals surface area (Å²) in [4.78, 5) is 8.28. The summed E-state index contributed by atoms with van der Waals surface area (Å²) in [5, 5.41) is 0.688. The first-order valence-electron chi connectivity index (χ1n) is 9.94. The molecule has 2 N–H and O–H groups in total. The molecule has 164 valence electrons. The van der Waals surface area contributed by atoms with Crippen molar-refractivity contribution in [2.75, 3.05) is 7.05 Å². The fourth-order valence-corrected chi connectivity index (χ4v) is 4.21. The Bertz CT molecular complexity index is 1330. The average Bonchev–Trinajstić information content (AvgIpc) is 3.20. The number of aryl methyl sites for hydroxylation is 1. The molecule has 3 aromatic carbocycles.